The minimum absolute atomic E-state index is 0.129. The Hall–Kier alpha value is -1.35. The zero-order valence-corrected chi connectivity index (χ0v) is 11.4. The quantitative estimate of drug-likeness (QED) is 0.870. The summed E-state index contributed by atoms with van der Waals surface area (Å²) in [5, 5.41) is 0. The SMILES string of the molecule is CC1CCc2ccccc2N1C(=O)C(C)(C)CN. The van der Waals surface area contributed by atoms with Crippen molar-refractivity contribution in [2.24, 2.45) is 11.1 Å². The Morgan fingerprint density at radius 2 is 2.11 bits per heavy atom. The van der Waals surface area contributed by atoms with Crippen molar-refractivity contribution in [1.82, 2.24) is 0 Å². The van der Waals surface area contributed by atoms with E-state index in [9.17, 15) is 4.79 Å². The van der Waals surface area contributed by atoms with Crippen LogP contribution in [0.1, 0.15) is 32.8 Å². The highest BCUT2D eigenvalue weighted by atomic mass is 16.2. The van der Waals surface area contributed by atoms with Gasteiger partial charge in [0.05, 0.1) is 5.41 Å². The molecule has 0 radical (unpaired) electrons. The summed E-state index contributed by atoms with van der Waals surface area (Å²) >= 11 is 0. The number of carbonyl (C=O) groups is 1. The van der Waals surface area contributed by atoms with Gasteiger partial charge >= 0.3 is 0 Å². The molecule has 1 heterocycles. The number of hydrogen-bond acceptors (Lipinski definition) is 2. The van der Waals surface area contributed by atoms with Crippen molar-refractivity contribution >= 4 is 11.6 Å². The Balaban J connectivity index is 2.41. The summed E-state index contributed by atoms with van der Waals surface area (Å²) in [6.45, 7) is 6.32. The van der Waals surface area contributed by atoms with Crippen molar-refractivity contribution in [1.29, 1.82) is 0 Å². The molecule has 18 heavy (non-hydrogen) atoms. The zero-order chi connectivity index (χ0) is 13.3. The maximum atomic E-state index is 12.7. The van der Waals surface area contributed by atoms with Gasteiger partial charge in [-0.1, -0.05) is 18.2 Å². The number of nitrogens with two attached hydrogens (primary N) is 1. The Bertz CT molecular complexity index is 454. The average molecular weight is 246 g/mol. The molecule has 0 aromatic heterocycles. The number of carbonyl (C=O) groups excluding carboxylic acids is 1. The number of rotatable bonds is 2. The van der Waals surface area contributed by atoms with Gasteiger partial charge < -0.3 is 10.6 Å². The molecule has 0 spiro atoms. The number of nitrogens with zero attached hydrogens (tertiary/aromatic N) is 1. The van der Waals surface area contributed by atoms with Gasteiger partial charge in [-0.3, -0.25) is 4.79 Å². The Morgan fingerprint density at radius 3 is 2.78 bits per heavy atom. The van der Waals surface area contributed by atoms with Gasteiger partial charge in [0.15, 0.2) is 0 Å². The number of para-hydroxylation sites is 1. The van der Waals surface area contributed by atoms with E-state index in [0.29, 0.717) is 6.54 Å². The standard InChI is InChI=1S/C15H22N2O/c1-11-8-9-12-6-4-5-7-13(12)17(11)14(18)15(2,3)10-16/h4-7,11H,8-10,16H2,1-3H3. The second-order valence-electron chi connectivity index (χ2n) is 5.78. The molecule has 1 aliphatic rings. The summed E-state index contributed by atoms with van der Waals surface area (Å²) in [7, 11) is 0. The molecular formula is C15H22N2O. The third-order valence-electron chi connectivity index (χ3n) is 3.83. The molecule has 1 aromatic rings. The van der Waals surface area contributed by atoms with Crippen LogP contribution in [-0.2, 0) is 11.2 Å². The van der Waals surface area contributed by atoms with Crippen molar-refractivity contribution in [3.8, 4) is 0 Å². The number of amides is 1. The van der Waals surface area contributed by atoms with Gasteiger partial charge in [-0.15, -0.1) is 0 Å². The van der Waals surface area contributed by atoms with E-state index < -0.39 is 5.41 Å². The van der Waals surface area contributed by atoms with E-state index in [1.807, 2.05) is 36.9 Å². The fourth-order valence-electron chi connectivity index (χ4n) is 2.41. The summed E-state index contributed by atoms with van der Waals surface area (Å²) in [4.78, 5) is 14.6. The van der Waals surface area contributed by atoms with E-state index in [4.69, 9.17) is 5.73 Å². The molecule has 0 saturated heterocycles. The molecule has 3 nitrogen and oxygen atoms in total. The first-order valence-corrected chi connectivity index (χ1v) is 6.59. The molecule has 3 heteroatoms. The van der Waals surface area contributed by atoms with Crippen molar-refractivity contribution < 1.29 is 4.79 Å². The highest BCUT2D eigenvalue weighted by Crippen LogP contribution is 2.33. The van der Waals surface area contributed by atoms with Gasteiger partial charge in [-0.05, 0) is 45.2 Å². The third-order valence-corrected chi connectivity index (χ3v) is 3.83. The fourth-order valence-corrected chi connectivity index (χ4v) is 2.41. The van der Waals surface area contributed by atoms with E-state index in [1.54, 1.807) is 0 Å². The molecule has 1 aromatic carbocycles. The van der Waals surface area contributed by atoms with Gasteiger partial charge in [0.2, 0.25) is 5.91 Å². The average Bonchev–Trinajstić information content (AvgIpc) is 2.38. The number of fused-ring (bicyclic) bond motifs is 1. The number of benzene rings is 1. The highest BCUT2D eigenvalue weighted by molar-refractivity contribution is 5.98. The summed E-state index contributed by atoms with van der Waals surface area (Å²) in [5.74, 6) is 0.129. The van der Waals surface area contributed by atoms with Crippen LogP contribution in [0.25, 0.3) is 0 Å². The van der Waals surface area contributed by atoms with E-state index in [1.165, 1.54) is 5.56 Å². The van der Waals surface area contributed by atoms with Gasteiger partial charge in [-0.2, -0.15) is 0 Å². The minimum atomic E-state index is -0.501. The van der Waals surface area contributed by atoms with Gasteiger partial charge in [0.1, 0.15) is 0 Å². The van der Waals surface area contributed by atoms with Crippen LogP contribution in [0.5, 0.6) is 0 Å². The Labute approximate surface area is 109 Å². The lowest BCUT2D eigenvalue weighted by Crippen LogP contribution is -2.50. The molecule has 98 valence electrons. The highest BCUT2D eigenvalue weighted by Gasteiger charge is 2.36. The minimum Gasteiger partial charge on any atom is -0.329 e. The molecule has 1 atom stereocenters. The van der Waals surface area contributed by atoms with Crippen LogP contribution < -0.4 is 10.6 Å². The summed E-state index contributed by atoms with van der Waals surface area (Å²) in [5.41, 5.74) is 7.55. The van der Waals surface area contributed by atoms with Crippen LogP contribution in [0.4, 0.5) is 5.69 Å². The maximum absolute atomic E-state index is 12.7. The van der Waals surface area contributed by atoms with Gasteiger partial charge in [0, 0.05) is 18.3 Å². The molecule has 1 aliphatic heterocycles. The predicted octanol–water partition coefficient (Wildman–Crippen LogP) is 2.34. The molecule has 0 bridgehead atoms. The van der Waals surface area contributed by atoms with Crippen LogP contribution in [0.2, 0.25) is 0 Å². The molecule has 1 amide bonds. The number of aryl methyl sites for hydroxylation is 1. The largest absolute Gasteiger partial charge is 0.329 e. The molecule has 2 N–H and O–H groups in total. The monoisotopic (exact) mass is 246 g/mol. The van der Waals surface area contributed by atoms with Crippen LogP contribution in [0.3, 0.4) is 0 Å². The second-order valence-corrected chi connectivity index (χ2v) is 5.78. The van der Waals surface area contributed by atoms with E-state index in [-0.39, 0.29) is 11.9 Å². The lowest BCUT2D eigenvalue weighted by molar-refractivity contribution is -0.126. The Morgan fingerprint density at radius 1 is 1.44 bits per heavy atom. The fraction of sp³-hybridized carbons (Fsp3) is 0.533. The van der Waals surface area contributed by atoms with Crippen LogP contribution in [0.15, 0.2) is 24.3 Å². The van der Waals surface area contributed by atoms with Gasteiger partial charge in [0.25, 0.3) is 0 Å². The first-order valence-electron chi connectivity index (χ1n) is 6.59. The number of anilines is 1. The predicted molar refractivity (Wildman–Crippen MR) is 74.5 cm³/mol. The molecule has 0 saturated carbocycles. The maximum Gasteiger partial charge on any atom is 0.234 e. The van der Waals surface area contributed by atoms with Crippen molar-refractivity contribution in [3.63, 3.8) is 0 Å². The summed E-state index contributed by atoms with van der Waals surface area (Å²) < 4.78 is 0. The van der Waals surface area contributed by atoms with Gasteiger partial charge in [-0.25, -0.2) is 0 Å². The normalized spacial score (nSPS) is 19.6. The lowest BCUT2D eigenvalue weighted by Gasteiger charge is -2.39. The second kappa shape index (κ2) is 4.73. The summed E-state index contributed by atoms with van der Waals surface area (Å²) in [6, 6.07) is 8.42. The third kappa shape index (κ3) is 2.15. The molecule has 0 aliphatic carbocycles. The van der Waals surface area contributed by atoms with E-state index >= 15 is 0 Å². The Kier molecular flexibility index (Phi) is 3.44. The zero-order valence-electron chi connectivity index (χ0n) is 11.4. The lowest BCUT2D eigenvalue weighted by atomic mass is 9.88. The van der Waals surface area contributed by atoms with Crippen molar-refractivity contribution in [2.45, 2.75) is 39.7 Å². The first-order chi connectivity index (χ1) is 8.47. The van der Waals surface area contributed by atoms with Crippen LogP contribution >= 0.6 is 0 Å². The molecule has 2 rings (SSSR count). The molecule has 1 unspecified atom stereocenters. The molecule has 0 fully saturated rings. The first kappa shape index (κ1) is 13.1. The van der Waals surface area contributed by atoms with Crippen molar-refractivity contribution in [3.05, 3.63) is 29.8 Å². The smallest absolute Gasteiger partial charge is 0.234 e. The van der Waals surface area contributed by atoms with Crippen LogP contribution in [-0.4, -0.2) is 18.5 Å². The van der Waals surface area contributed by atoms with Crippen molar-refractivity contribution in [2.75, 3.05) is 11.4 Å². The van der Waals surface area contributed by atoms with E-state index in [2.05, 4.69) is 13.0 Å². The van der Waals surface area contributed by atoms with Crippen LogP contribution in [0, 0.1) is 5.41 Å². The molecular weight excluding hydrogens is 224 g/mol. The summed E-state index contributed by atoms with van der Waals surface area (Å²) in [6.07, 6.45) is 2.06. The topological polar surface area (TPSA) is 46.3 Å². The number of hydrogen-bond donors (Lipinski definition) is 1. The van der Waals surface area contributed by atoms with E-state index in [0.717, 1.165) is 18.5 Å².